The summed E-state index contributed by atoms with van der Waals surface area (Å²) >= 11 is 0. The van der Waals surface area contributed by atoms with Gasteiger partial charge in [0.2, 0.25) is 0 Å². The van der Waals surface area contributed by atoms with E-state index in [9.17, 15) is 9.50 Å². The van der Waals surface area contributed by atoms with Crippen molar-refractivity contribution in [1.29, 1.82) is 0 Å². The Bertz CT molecular complexity index is 765. The Morgan fingerprint density at radius 2 is 2.00 bits per heavy atom. The van der Waals surface area contributed by atoms with E-state index < -0.39 is 0 Å². The first-order chi connectivity index (χ1) is 12.7. The lowest BCUT2D eigenvalue weighted by Crippen LogP contribution is -2.51. The third-order valence-corrected chi connectivity index (χ3v) is 4.80. The zero-order valence-electron chi connectivity index (χ0n) is 14.5. The molecular weight excluding hydrogens is 337 g/mol. The van der Waals surface area contributed by atoms with Gasteiger partial charge in [-0.05, 0) is 18.2 Å². The van der Waals surface area contributed by atoms with Crippen LogP contribution in [0.25, 0.3) is 0 Å². The lowest BCUT2D eigenvalue weighted by molar-refractivity contribution is 0.0566. The summed E-state index contributed by atoms with van der Waals surface area (Å²) in [6.07, 6.45) is 1.64. The number of pyridine rings is 1. The number of anilines is 1. The van der Waals surface area contributed by atoms with Crippen LogP contribution in [0.2, 0.25) is 0 Å². The Morgan fingerprint density at radius 3 is 2.81 bits per heavy atom. The standard InChI is InChI=1S/C19H22FN3O3/c20-15-3-4-17-18(10-15)26-16(13-25-17)11-22-6-8-23(9-7-22)19-14(12-24)2-1-5-21-19/h1-5,10,16,24H,6-9,11-13H2. The zero-order chi connectivity index (χ0) is 17.9. The van der Waals surface area contributed by atoms with Crippen LogP contribution in [0.3, 0.4) is 0 Å². The van der Waals surface area contributed by atoms with Gasteiger partial charge in [-0.15, -0.1) is 0 Å². The molecule has 1 saturated heterocycles. The van der Waals surface area contributed by atoms with Crippen LogP contribution >= 0.6 is 0 Å². The highest BCUT2D eigenvalue weighted by Crippen LogP contribution is 2.32. The third-order valence-electron chi connectivity index (χ3n) is 4.80. The first kappa shape index (κ1) is 17.1. The fourth-order valence-electron chi connectivity index (χ4n) is 3.45. The molecule has 4 rings (SSSR count). The lowest BCUT2D eigenvalue weighted by Gasteiger charge is -2.38. The number of piperazine rings is 1. The molecule has 0 aliphatic carbocycles. The van der Waals surface area contributed by atoms with E-state index >= 15 is 0 Å². The number of aromatic nitrogens is 1. The summed E-state index contributed by atoms with van der Waals surface area (Å²) < 4.78 is 25.0. The number of hydrogen-bond acceptors (Lipinski definition) is 6. The van der Waals surface area contributed by atoms with Crippen LogP contribution in [-0.2, 0) is 6.61 Å². The minimum absolute atomic E-state index is 0.00733. The molecule has 1 fully saturated rings. The summed E-state index contributed by atoms with van der Waals surface area (Å²) in [6.45, 7) is 4.61. The number of halogens is 1. The van der Waals surface area contributed by atoms with Gasteiger partial charge >= 0.3 is 0 Å². The predicted molar refractivity (Wildman–Crippen MR) is 95.1 cm³/mol. The molecule has 3 heterocycles. The Labute approximate surface area is 151 Å². The molecule has 0 bridgehead atoms. The molecule has 1 aromatic carbocycles. The summed E-state index contributed by atoms with van der Waals surface area (Å²) in [5.74, 6) is 1.60. The van der Waals surface area contributed by atoms with Gasteiger partial charge in [0, 0.05) is 50.6 Å². The molecule has 1 atom stereocenters. The average Bonchev–Trinajstić information content (AvgIpc) is 2.68. The van der Waals surface area contributed by atoms with Gasteiger partial charge in [-0.1, -0.05) is 6.07 Å². The maximum atomic E-state index is 13.4. The maximum absolute atomic E-state index is 13.4. The molecule has 26 heavy (non-hydrogen) atoms. The number of hydrogen-bond donors (Lipinski definition) is 1. The third kappa shape index (κ3) is 3.59. The van der Waals surface area contributed by atoms with Crippen molar-refractivity contribution in [3.05, 3.63) is 47.9 Å². The molecule has 2 aliphatic heterocycles. The van der Waals surface area contributed by atoms with Crippen LogP contribution in [0.15, 0.2) is 36.5 Å². The molecule has 7 heteroatoms. The first-order valence-corrected chi connectivity index (χ1v) is 8.84. The van der Waals surface area contributed by atoms with Crippen molar-refractivity contribution >= 4 is 5.82 Å². The molecule has 2 aromatic rings. The van der Waals surface area contributed by atoms with Crippen LogP contribution in [0, 0.1) is 5.82 Å². The molecule has 138 valence electrons. The number of nitrogens with zero attached hydrogens (tertiary/aromatic N) is 3. The van der Waals surface area contributed by atoms with Gasteiger partial charge in [-0.25, -0.2) is 9.37 Å². The Hall–Kier alpha value is -2.38. The van der Waals surface area contributed by atoms with Crippen LogP contribution < -0.4 is 14.4 Å². The highest BCUT2D eigenvalue weighted by atomic mass is 19.1. The summed E-state index contributed by atoms with van der Waals surface area (Å²) in [6, 6.07) is 8.09. The highest BCUT2D eigenvalue weighted by molar-refractivity contribution is 5.46. The molecule has 0 saturated carbocycles. The van der Waals surface area contributed by atoms with E-state index in [0.29, 0.717) is 18.1 Å². The minimum atomic E-state index is -0.323. The molecule has 6 nitrogen and oxygen atoms in total. The Kier molecular flexibility index (Phi) is 4.90. The number of rotatable bonds is 4. The van der Waals surface area contributed by atoms with Gasteiger partial charge in [0.25, 0.3) is 0 Å². The van der Waals surface area contributed by atoms with E-state index in [0.717, 1.165) is 44.1 Å². The van der Waals surface area contributed by atoms with E-state index in [1.54, 1.807) is 12.3 Å². The topological polar surface area (TPSA) is 58.1 Å². The fraction of sp³-hybridized carbons (Fsp3) is 0.421. The molecule has 1 aromatic heterocycles. The summed E-state index contributed by atoms with van der Waals surface area (Å²) in [7, 11) is 0. The van der Waals surface area contributed by atoms with Crippen molar-refractivity contribution in [3.63, 3.8) is 0 Å². The molecule has 0 radical (unpaired) electrons. The van der Waals surface area contributed by atoms with Crippen LogP contribution in [0.4, 0.5) is 10.2 Å². The zero-order valence-corrected chi connectivity index (χ0v) is 14.5. The van der Waals surface area contributed by atoms with Gasteiger partial charge < -0.3 is 19.5 Å². The van der Waals surface area contributed by atoms with Gasteiger partial charge in [0.1, 0.15) is 24.3 Å². The molecule has 2 aliphatic rings. The van der Waals surface area contributed by atoms with Crippen LogP contribution in [0.5, 0.6) is 11.5 Å². The highest BCUT2D eigenvalue weighted by Gasteiger charge is 2.26. The number of ether oxygens (including phenoxy) is 2. The lowest BCUT2D eigenvalue weighted by atomic mass is 10.2. The molecule has 1 N–H and O–H groups in total. The number of aliphatic hydroxyl groups excluding tert-OH is 1. The quantitative estimate of drug-likeness (QED) is 0.896. The second-order valence-electron chi connectivity index (χ2n) is 6.57. The van der Waals surface area contributed by atoms with Crippen LogP contribution in [-0.4, -0.2) is 60.4 Å². The van der Waals surface area contributed by atoms with Crippen molar-refractivity contribution in [2.75, 3.05) is 44.2 Å². The van der Waals surface area contributed by atoms with Crippen molar-refractivity contribution in [2.45, 2.75) is 12.7 Å². The summed E-state index contributed by atoms with van der Waals surface area (Å²) in [4.78, 5) is 8.93. The molecular formula is C19H22FN3O3. The Balaban J connectivity index is 1.33. The van der Waals surface area contributed by atoms with E-state index in [2.05, 4.69) is 14.8 Å². The van der Waals surface area contributed by atoms with Gasteiger partial charge in [-0.3, -0.25) is 4.90 Å². The van der Waals surface area contributed by atoms with E-state index in [1.807, 2.05) is 12.1 Å². The van der Waals surface area contributed by atoms with E-state index in [4.69, 9.17) is 9.47 Å². The van der Waals surface area contributed by atoms with Gasteiger partial charge in [0.05, 0.1) is 6.61 Å². The smallest absolute Gasteiger partial charge is 0.164 e. The van der Waals surface area contributed by atoms with Gasteiger partial charge in [0.15, 0.2) is 11.5 Å². The summed E-state index contributed by atoms with van der Waals surface area (Å²) in [5.41, 5.74) is 0.851. The average molecular weight is 359 g/mol. The second kappa shape index (κ2) is 7.47. The second-order valence-corrected chi connectivity index (χ2v) is 6.57. The maximum Gasteiger partial charge on any atom is 0.164 e. The minimum Gasteiger partial charge on any atom is -0.486 e. The number of aliphatic hydroxyl groups is 1. The largest absolute Gasteiger partial charge is 0.486 e. The van der Waals surface area contributed by atoms with Crippen molar-refractivity contribution < 1.29 is 19.0 Å². The predicted octanol–water partition coefficient (Wildman–Crippen LogP) is 1.67. The number of fused-ring (bicyclic) bond motifs is 1. The first-order valence-electron chi connectivity index (χ1n) is 8.84. The van der Waals surface area contributed by atoms with E-state index in [-0.39, 0.29) is 18.5 Å². The monoisotopic (exact) mass is 359 g/mol. The number of benzene rings is 1. The molecule has 0 spiro atoms. The molecule has 0 amide bonds. The SMILES string of the molecule is OCc1cccnc1N1CCN(CC2COc3ccc(F)cc3O2)CC1. The van der Waals surface area contributed by atoms with Crippen LogP contribution in [0.1, 0.15) is 5.56 Å². The molecule has 1 unspecified atom stereocenters. The fourth-order valence-corrected chi connectivity index (χ4v) is 3.45. The Morgan fingerprint density at radius 1 is 1.15 bits per heavy atom. The van der Waals surface area contributed by atoms with E-state index in [1.165, 1.54) is 12.1 Å². The van der Waals surface area contributed by atoms with Crippen molar-refractivity contribution in [1.82, 2.24) is 9.88 Å². The summed E-state index contributed by atoms with van der Waals surface area (Å²) in [5, 5.41) is 9.48. The normalized spacial score (nSPS) is 20.2. The van der Waals surface area contributed by atoms with Crippen molar-refractivity contribution in [3.8, 4) is 11.5 Å². The van der Waals surface area contributed by atoms with Gasteiger partial charge in [-0.2, -0.15) is 0 Å². The van der Waals surface area contributed by atoms with Crippen molar-refractivity contribution in [2.24, 2.45) is 0 Å².